The Morgan fingerprint density at radius 1 is 1.59 bits per heavy atom. The molecule has 3 heterocycles. The molecule has 0 bridgehead atoms. The summed E-state index contributed by atoms with van der Waals surface area (Å²) in [6.45, 7) is 4.01. The predicted octanol–water partition coefficient (Wildman–Crippen LogP) is 1.59. The maximum atomic E-state index is 9.17. The number of nitriles is 1. The number of pyridine rings is 1. The van der Waals surface area contributed by atoms with Crippen molar-refractivity contribution in [2.75, 3.05) is 13.1 Å². The lowest BCUT2D eigenvalue weighted by atomic mass is 10.1. The van der Waals surface area contributed by atoms with Crippen LogP contribution in [0.15, 0.2) is 18.3 Å². The number of fused-ring (bicyclic) bond motifs is 1. The minimum atomic E-state index is 0.423. The van der Waals surface area contributed by atoms with Crippen molar-refractivity contribution in [3.8, 4) is 6.07 Å². The van der Waals surface area contributed by atoms with Crippen LogP contribution in [-0.2, 0) is 0 Å². The van der Waals surface area contributed by atoms with E-state index in [0.29, 0.717) is 11.6 Å². The van der Waals surface area contributed by atoms with E-state index in [2.05, 4.69) is 20.8 Å². The fourth-order valence-corrected chi connectivity index (χ4v) is 2.57. The first-order valence-corrected chi connectivity index (χ1v) is 5.89. The van der Waals surface area contributed by atoms with Gasteiger partial charge in [0.05, 0.1) is 5.52 Å². The average Bonchev–Trinajstić information content (AvgIpc) is 2.95. The Balaban J connectivity index is 2.26. The molecule has 86 valence electrons. The molecule has 1 atom stereocenters. The molecule has 2 aromatic heterocycles. The first kappa shape index (κ1) is 10.3. The maximum absolute atomic E-state index is 9.17. The molecule has 4 nitrogen and oxygen atoms in total. The smallest absolute Gasteiger partial charge is 0.166 e. The van der Waals surface area contributed by atoms with Crippen LogP contribution in [0.3, 0.4) is 0 Å². The highest BCUT2D eigenvalue weighted by molar-refractivity contribution is 5.64. The van der Waals surface area contributed by atoms with Crippen molar-refractivity contribution < 1.29 is 0 Å². The van der Waals surface area contributed by atoms with Gasteiger partial charge in [-0.15, -0.1) is 0 Å². The van der Waals surface area contributed by atoms with Crippen LogP contribution >= 0.6 is 0 Å². The second-order valence-corrected chi connectivity index (χ2v) is 4.53. The SMILES string of the molecule is Cc1cccn2c(C3CCNC3)nc(C#N)c12. The fraction of sp³-hybridized carbons (Fsp3) is 0.385. The molecule has 0 spiro atoms. The monoisotopic (exact) mass is 226 g/mol. The first-order valence-electron chi connectivity index (χ1n) is 5.89. The number of imidazole rings is 1. The summed E-state index contributed by atoms with van der Waals surface area (Å²) >= 11 is 0. The predicted molar refractivity (Wildman–Crippen MR) is 64.9 cm³/mol. The summed E-state index contributed by atoms with van der Waals surface area (Å²) in [5, 5.41) is 12.5. The van der Waals surface area contributed by atoms with Crippen molar-refractivity contribution in [1.82, 2.24) is 14.7 Å². The molecule has 0 amide bonds. The van der Waals surface area contributed by atoms with Crippen LogP contribution < -0.4 is 5.32 Å². The molecular weight excluding hydrogens is 212 g/mol. The molecule has 3 rings (SSSR count). The zero-order valence-electron chi connectivity index (χ0n) is 9.77. The largest absolute Gasteiger partial charge is 0.316 e. The van der Waals surface area contributed by atoms with Gasteiger partial charge in [-0.3, -0.25) is 0 Å². The summed E-state index contributed by atoms with van der Waals surface area (Å²) in [5.41, 5.74) is 2.61. The Hall–Kier alpha value is -1.86. The van der Waals surface area contributed by atoms with Gasteiger partial charge in [0, 0.05) is 18.7 Å². The number of hydrogen-bond donors (Lipinski definition) is 1. The van der Waals surface area contributed by atoms with Crippen molar-refractivity contribution >= 4 is 5.52 Å². The van der Waals surface area contributed by atoms with Gasteiger partial charge in [-0.1, -0.05) is 6.07 Å². The van der Waals surface area contributed by atoms with Gasteiger partial charge >= 0.3 is 0 Å². The lowest BCUT2D eigenvalue weighted by Crippen LogP contribution is -2.10. The van der Waals surface area contributed by atoms with E-state index >= 15 is 0 Å². The molecule has 0 saturated carbocycles. The van der Waals surface area contributed by atoms with Crippen molar-refractivity contribution in [3.63, 3.8) is 0 Å². The Morgan fingerprint density at radius 2 is 2.47 bits per heavy atom. The van der Waals surface area contributed by atoms with Gasteiger partial charge in [0.1, 0.15) is 11.9 Å². The third-order valence-corrected chi connectivity index (χ3v) is 3.42. The summed E-state index contributed by atoms with van der Waals surface area (Å²) in [7, 11) is 0. The van der Waals surface area contributed by atoms with E-state index in [-0.39, 0.29) is 0 Å². The number of nitrogens with zero attached hydrogens (tertiary/aromatic N) is 3. The molecule has 0 radical (unpaired) electrons. The van der Waals surface area contributed by atoms with Crippen LogP contribution in [0.1, 0.15) is 29.4 Å². The molecule has 0 aromatic carbocycles. The minimum Gasteiger partial charge on any atom is -0.316 e. The van der Waals surface area contributed by atoms with Crippen LogP contribution in [0.5, 0.6) is 0 Å². The standard InChI is InChI=1S/C13H14N4/c1-9-3-2-6-17-12(9)11(7-14)16-13(17)10-4-5-15-8-10/h2-3,6,10,15H,4-5,8H2,1H3. The summed E-state index contributed by atoms with van der Waals surface area (Å²) in [6.07, 6.45) is 3.10. The fourth-order valence-electron chi connectivity index (χ4n) is 2.57. The minimum absolute atomic E-state index is 0.423. The zero-order chi connectivity index (χ0) is 11.8. The molecule has 0 aliphatic carbocycles. The van der Waals surface area contributed by atoms with Crippen LogP contribution in [0, 0.1) is 18.3 Å². The van der Waals surface area contributed by atoms with Gasteiger partial charge in [0.2, 0.25) is 0 Å². The third-order valence-electron chi connectivity index (χ3n) is 3.42. The van der Waals surface area contributed by atoms with E-state index in [1.54, 1.807) is 0 Å². The first-order chi connectivity index (χ1) is 8.31. The second-order valence-electron chi connectivity index (χ2n) is 4.53. The quantitative estimate of drug-likeness (QED) is 0.803. The van der Waals surface area contributed by atoms with Crippen molar-refractivity contribution in [1.29, 1.82) is 5.26 Å². The summed E-state index contributed by atoms with van der Waals surface area (Å²) < 4.78 is 2.07. The van der Waals surface area contributed by atoms with Crippen molar-refractivity contribution in [3.05, 3.63) is 35.4 Å². The highest BCUT2D eigenvalue weighted by Gasteiger charge is 2.23. The zero-order valence-corrected chi connectivity index (χ0v) is 9.77. The molecule has 1 aliphatic rings. The Labute approximate surface area is 99.9 Å². The third kappa shape index (κ3) is 1.51. The van der Waals surface area contributed by atoms with Crippen LogP contribution in [0.2, 0.25) is 0 Å². The number of nitrogens with one attached hydrogen (secondary N) is 1. The van der Waals surface area contributed by atoms with Gasteiger partial charge in [-0.05, 0) is 31.5 Å². The highest BCUT2D eigenvalue weighted by atomic mass is 15.1. The molecule has 1 N–H and O–H groups in total. The van der Waals surface area contributed by atoms with Crippen LogP contribution in [0.25, 0.3) is 5.52 Å². The molecule has 1 saturated heterocycles. The van der Waals surface area contributed by atoms with Gasteiger partial charge in [-0.2, -0.15) is 5.26 Å². The topological polar surface area (TPSA) is 53.1 Å². The summed E-state index contributed by atoms with van der Waals surface area (Å²) in [6, 6.07) is 6.24. The van der Waals surface area contributed by atoms with Gasteiger partial charge in [-0.25, -0.2) is 4.98 Å². The molecule has 17 heavy (non-hydrogen) atoms. The number of aryl methyl sites for hydroxylation is 1. The average molecular weight is 226 g/mol. The van der Waals surface area contributed by atoms with Crippen molar-refractivity contribution in [2.45, 2.75) is 19.3 Å². The Morgan fingerprint density at radius 3 is 3.18 bits per heavy atom. The lowest BCUT2D eigenvalue weighted by Gasteiger charge is -2.07. The molecule has 2 aromatic rings. The number of aromatic nitrogens is 2. The van der Waals surface area contributed by atoms with Crippen LogP contribution in [0.4, 0.5) is 0 Å². The van der Waals surface area contributed by atoms with E-state index in [1.807, 2.05) is 25.3 Å². The molecule has 1 fully saturated rings. The Bertz CT molecular complexity index is 600. The van der Waals surface area contributed by atoms with Gasteiger partial charge < -0.3 is 9.72 Å². The van der Waals surface area contributed by atoms with Gasteiger partial charge in [0.25, 0.3) is 0 Å². The normalized spacial score (nSPS) is 19.6. The molecule has 4 heteroatoms. The van der Waals surface area contributed by atoms with E-state index in [1.165, 1.54) is 0 Å². The van der Waals surface area contributed by atoms with Crippen molar-refractivity contribution in [2.24, 2.45) is 0 Å². The highest BCUT2D eigenvalue weighted by Crippen LogP contribution is 2.25. The van der Waals surface area contributed by atoms with Gasteiger partial charge in [0.15, 0.2) is 5.69 Å². The molecular formula is C13H14N4. The van der Waals surface area contributed by atoms with E-state index in [4.69, 9.17) is 0 Å². The second kappa shape index (κ2) is 3.86. The maximum Gasteiger partial charge on any atom is 0.166 e. The van der Waals surface area contributed by atoms with Crippen LogP contribution in [-0.4, -0.2) is 22.5 Å². The lowest BCUT2D eigenvalue weighted by molar-refractivity contribution is 0.698. The van der Waals surface area contributed by atoms with E-state index < -0.39 is 0 Å². The summed E-state index contributed by atoms with van der Waals surface area (Å²) in [4.78, 5) is 4.51. The van der Waals surface area contributed by atoms with E-state index in [0.717, 1.165) is 36.4 Å². The molecule has 1 unspecified atom stereocenters. The number of rotatable bonds is 1. The summed E-state index contributed by atoms with van der Waals surface area (Å²) in [5.74, 6) is 1.44. The molecule has 1 aliphatic heterocycles. The number of hydrogen-bond acceptors (Lipinski definition) is 3. The Kier molecular flexibility index (Phi) is 2.34. The van der Waals surface area contributed by atoms with E-state index in [9.17, 15) is 5.26 Å².